The van der Waals surface area contributed by atoms with Crippen molar-refractivity contribution < 1.29 is 4.42 Å². The highest BCUT2D eigenvalue weighted by molar-refractivity contribution is 14.1. The van der Waals surface area contributed by atoms with Crippen LogP contribution >= 0.6 is 33.9 Å². The summed E-state index contributed by atoms with van der Waals surface area (Å²) in [5.74, 6) is 0.937. The number of nitrogen functional groups attached to an aromatic ring is 1. The van der Waals surface area contributed by atoms with Crippen LogP contribution in [-0.4, -0.2) is 37.7 Å². The van der Waals surface area contributed by atoms with Crippen molar-refractivity contribution >= 4 is 61.6 Å². The maximum atomic E-state index is 13.1. The van der Waals surface area contributed by atoms with Gasteiger partial charge in [-0.25, -0.2) is 19.4 Å². The number of likely N-dealkylation sites (tertiary alicyclic amines) is 1. The molecule has 8 nitrogen and oxygen atoms in total. The molecule has 0 radical (unpaired) electrons. The average Bonchev–Trinajstić information content (AvgIpc) is 3.49. The van der Waals surface area contributed by atoms with E-state index in [0.29, 0.717) is 31.7 Å². The van der Waals surface area contributed by atoms with E-state index in [1.807, 2.05) is 31.2 Å². The first-order valence-corrected chi connectivity index (χ1v) is 13.9. The predicted octanol–water partition coefficient (Wildman–Crippen LogP) is 5.44. The van der Waals surface area contributed by atoms with Crippen molar-refractivity contribution in [2.45, 2.75) is 38.8 Å². The van der Waals surface area contributed by atoms with Crippen molar-refractivity contribution in [1.29, 1.82) is 0 Å². The van der Waals surface area contributed by atoms with E-state index in [4.69, 9.17) is 15.2 Å². The molecular formula is C26H25IN6O2S. The Hall–Kier alpha value is -2.83. The third kappa shape index (κ3) is 4.10. The monoisotopic (exact) mass is 612 g/mol. The number of hydrogen-bond acceptors (Lipinski definition) is 8. The number of benzene rings is 1. The molecular weight excluding hydrogens is 587 g/mol. The van der Waals surface area contributed by atoms with E-state index in [0.717, 1.165) is 35.5 Å². The molecule has 1 aromatic carbocycles. The quantitative estimate of drug-likeness (QED) is 0.264. The Morgan fingerprint density at radius 1 is 1.11 bits per heavy atom. The second kappa shape index (κ2) is 9.56. The Bertz CT molecular complexity index is 1640. The van der Waals surface area contributed by atoms with Crippen molar-refractivity contribution in [2.75, 3.05) is 18.8 Å². The summed E-state index contributed by atoms with van der Waals surface area (Å²) in [6.07, 6.45) is 5.28. The number of anilines is 1. The molecule has 36 heavy (non-hydrogen) atoms. The third-order valence-electron chi connectivity index (χ3n) is 6.82. The topological polar surface area (TPSA) is 103 Å². The molecule has 1 atom stereocenters. The molecule has 0 bridgehead atoms. The lowest BCUT2D eigenvalue weighted by molar-refractivity contribution is 0.222. The largest absolute Gasteiger partial charge is 0.424 e. The van der Waals surface area contributed by atoms with Crippen LogP contribution in [0.1, 0.15) is 42.9 Å². The standard InChI is InChI=1S/C26H25IN6O2S/c1-15(33-25-21(23(27)31-33)24(28)29-14-30-25)22-20(17-7-3-4-8-18(17)26(34)35-22)19-10-9-16(36-19)13-32-11-5-2-6-12-32/h3-4,7-10,14-15H,2,5-6,11-13H2,1H3,(H2,28,29,30). The van der Waals surface area contributed by atoms with Crippen molar-refractivity contribution in [3.63, 3.8) is 0 Å². The summed E-state index contributed by atoms with van der Waals surface area (Å²) >= 11 is 3.90. The minimum atomic E-state index is -0.398. The van der Waals surface area contributed by atoms with Crippen LogP contribution in [0.15, 0.2) is 51.9 Å². The number of fused-ring (bicyclic) bond motifs is 2. The number of hydrogen-bond donors (Lipinski definition) is 1. The smallest absolute Gasteiger partial charge is 0.343 e. The van der Waals surface area contributed by atoms with Gasteiger partial charge in [-0.1, -0.05) is 24.6 Å². The molecule has 5 aromatic rings. The van der Waals surface area contributed by atoms with Crippen LogP contribution in [0.4, 0.5) is 5.82 Å². The minimum Gasteiger partial charge on any atom is -0.424 e. The first-order chi connectivity index (χ1) is 17.5. The molecule has 0 aliphatic carbocycles. The fourth-order valence-corrected chi connectivity index (χ4v) is 6.90. The number of aromatic nitrogens is 4. The van der Waals surface area contributed by atoms with Gasteiger partial charge in [0.05, 0.1) is 10.8 Å². The number of halogens is 1. The molecule has 1 saturated heterocycles. The molecule has 1 fully saturated rings. The summed E-state index contributed by atoms with van der Waals surface area (Å²) in [5, 5.41) is 6.86. The maximum absolute atomic E-state index is 13.1. The molecule has 6 rings (SSSR count). The van der Waals surface area contributed by atoms with Crippen molar-refractivity contribution in [1.82, 2.24) is 24.6 Å². The maximum Gasteiger partial charge on any atom is 0.343 e. The van der Waals surface area contributed by atoms with E-state index in [2.05, 4.69) is 49.6 Å². The van der Waals surface area contributed by atoms with Crippen LogP contribution in [0.3, 0.4) is 0 Å². The van der Waals surface area contributed by atoms with E-state index >= 15 is 0 Å². The van der Waals surface area contributed by atoms with Crippen molar-refractivity contribution in [3.8, 4) is 10.4 Å². The van der Waals surface area contributed by atoms with Gasteiger partial charge in [0.1, 0.15) is 27.6 Å². The predicted molar refractivity (Wildman–Crippen MR) is 151 cm³/mol. The van der Waals surface area contributed by atoms with Crippen LogP contribution in [0.25, 0.3) is 32.2 Å². The Labute approximate surface area is 225 Å². The molecule has 5 heterocycles. The van der Waals surface area contributed by atoms with E-state index in [1.165, 1.54) is 30.5 Å². The van der Waals surface area contributed by atoms with Crippen LogP contribution in [0, 0.1) is 3.70 Å². The van der Waals surface area contributed by atoms with Crippen LogP contribution in [0.2, 0.25) is 0 Å². The van der Waals surface area contributed by atoms with E-state index in [-0.39, 0.29) is 5.63 Å². The van der Waals surface area contributed by atoms with E-state index in [9.17, 15) is 4.79 Å². The summed E-state index contributed by atoms with van der Waals surface area (Å²) in [6, 6.07) is 11.6. The average molecular weight is 612 g/mol. The SMILES string of the molecule is CC(c1oc(=O)c2ccccc2c1-c1ccc(CN2CCCCC2)s1)n1nc(I)c2c(N)ncnc21. The summed E-state index contributed by atoms with van der Waals surface area (Å²) in [4.78, 5) is 26.5. The van der Waals surface area contributed by atoms with Gasteiger partial charge in [-0.05, 0) is 73.6 Å². The summed E-state index contributed by atoms with van der Waals surface area (Å²) in [5.41, 5.74) is 7.30. The zero-order valence-electron chi connectivity index (χ0n) is 19.8. The van der Waals surface area contributed by atoms with Gasteiger partial charge in [0.2, 0.25) is 0 Å². The lowest BCUT2D eigenvalue weighted by Crippen LogP contribution is -2.28. The molecule has 184 valence electrons. The second-order valence-corrected chi connectivity index (χ2v) is 11.3. The van der Waals surface area contributed by atoms with Gasteiger partial charge in [0.25, 0.3) is 0 Å². The molecule has 0 spiro atoms. The van der Waals surface area contributed by atoms with Crippen LogP contribution in [0.5, 0.6) is 0 Å². The van der Waals surface area contributed by atoms with E-state index < -0.39 is 6.04 Å². The van der Waals surface area contributed by atoms with Gasteiger partial charge in [-0.3, -0.25) is 4.90 Å². The van der Waals surface area contributed by atoms with Gasteiger partial charge in [0.15, 0.2) is 5.65 Å². The van der Waals surface area contributed by atoms with E-state index in [1.54, 1.807) is 16.0 Å². The number of nitrogens with zero attached hydrogens (tertiary/aromatic N) is 5. The highest BCUT2D eigenvalue weighted by Gasteiger charge is 2.26. The molecule has 10 heteroatoms. The number of rotatable bonds is 5. The van der Waals surface area contributed by atoms with Gasteiger partial charge in [-0.2, -0.15) is 5.10 Å². The molecule has 0 amide bonds. The van der Waals surface area contributed by atoms with Gasteiger partial charge >= 0.3 is 5.63 Å². The molecule has 0 saturated carbocycles. The molecule has 4 aromatic heterocycles. The summed E-state index contributed by atoms with van der Waals surface area (Å²) < 4.78 is 8.52. The molecule has 1 aliphatic heterocycles. The Morgan fingerprint density at radius 2 is 1.89 bits per heavy atom. The fourth-order valence-electron chi connectivity index (χ4n) is 5.04. The highest BCUT2D eigenvalue weighted by atomic mass is 127. The Morgan fingerprint density at radius 3 is 2.69 bits per heavy atom. The number of piperidine rings is 1. The van der Waals surface area contributed by atoms with Crippen molar-refractivity contribution in [2.24, 2.45) is 0 Å². The number of nitrogens with two attached hydrogens (primary N) is 1. The minimum absolute atomic E-state index is 0.360. The lowest BCUT2D eigenvalue weighted by atomic mass is 10.0. The van der Waals surface area contributed by atoms with Gasteiger partial charge < -0.3 is 10.2 Å². The lowest BCUT2D eigenvalue weighted by Gasteiger charge is -2.25. The summed E-state index contributed by atoms with van der Waals surface area (Å²) in [6.45, 7) is 5.21. The molecule has 1 aliphatic rings. The zero-order valence-corrected chi connectivity index (χ0v) is 22.8. The Balaban J connectivity index is 1.51. The van der Waals surface area contributed by atoms with Crippen LogP contribution in [-0.2, 0) is 6.54 Å². The first-order valence-electron chi connectivity index (χ1n) is 12.0. The Kier molecular flexibility index (Phi) is 6.26. The zero-order chi connectivity index (χ0) is 24.8. The van der Waals surface area contributed by atoms with Crippen LogP contribution < -0.4 is 11.4 Å². The van der Waals surface area contributed by atoms with Gasteiger partial charge in [0, 0.05) is 27.2 Å². The molecule has 1 unspecified atom stereocenters. The highest BCUT2D eigenvalue weighted by Crippen LogP contribution is 2.40. The normalized spacial score (nSPS) is 15.6. The molecule has 2 N–H and O–H groups in total. The van der Waals surface area contributed by atoms with Crippen molar-refractivity contribution in [3.05, 3.63) is 67.5 Å². The van der Waals surface area contributed by atoms with Gasteiger partial charge in [-0.15, -0.1) is 11.3 Å². The third-order valence-corrected chi connectivity index (χ3v) is 8.67. The number of thiophene rings is 1. The first kappa shape index (κ1) is 23.6. The second-order valence-electron chi connectivity index (χ2n) is 9.15. The summed E-state index contributed by atoms with van der Waals surface area (Å²) in [7, 11) is 0. The fraction of sp³-hybridized carbons (Fsp3) is 0.308.